The molecule has 3 aliphatic rings. The highest BCUT2D eigenvalue weighted by atomic mass is 19.4. The molecule has 0 bridgehead atoms. The number of ether oxygens (including phenoxy) is 1. The number of nitrogens with zero attached hydrogens (tertiary/aromatic N) is 5. The van der Waals surface area contributed by atoms with Crippen molar-refractivity contribution in [2.75, 3.05) is 30.4 Å². The van der Waals surface area contributed by atoms with Gasteiger partial charge in [-0.15, -0.1) is 0 Å². The molecule has 2 aliphatic heterocycles. The van der Waals surface area contributed by atoms with Crippen molar-refractivity contribution in [3.8, 4) is 0 Å². The highest BCUT2D eigenvalue weighted by Crippen LogP contribution is 2.53. The summed E-state index contributed by atoms with van der Waals surface area (Å²) in [4.78, 5) is 37.4. The fraction of sp³-hybridized carbons (Fsp3) is 0.382. The zero-order chi connectivity index (χ0) is 32.9. The zero-order valence-corrected chi connectivity index (χ0v) is 25.5. The lowest BCUT2D eigenvalue weighted by molar-refractivity contribution is -0.210. The minimum absolute atomic E-state index is 0.0708. The van der Waals surface area contributed by atoms with E-state index in [0.717, 1.165) is 31.5 Å². The maximum atomic E-state index is 15.2. The number of piperidine rings is 1. The van der Waals surface area contributed by atoms with E-state index in [-0.39, 0.29) is 11.5 Å². The molecule has 2 fully saturated rings. The molecule has 0 spiro atoms. The minimum Gasteiger partial charge on any atom is -0.466 e. The molecule has 1 saturated heterocycles. The summed E-state index contributed by atoms with van der Waals surface area (Å²) in [5, 5.41) is 18.6. The van der Waals surface area contributed by atoms with E-state index >= 15 is 13.2 Å². The van der Waals surface area contributed by atoms with Gasteiger partial charge in [-0.3, -0.25) is 4.79 Å². The molecule has 10 nitrogen and oxygen atoms in total. The van der Waals surface area contributed by atoms with Gasteiger partial charge in [-0.05, 0) is 36.8 Å². The maximum absolute atomic E-state index is 15.2. The number of hydrogen-bond acceptors (Lipinski definition) is 8. The smallest absolute Gasteiger partial charge is 0.399 e. The molecule has 2 aromatic carbocycles. The number of esters is 1. The van der Waals surface area contributed by atoms with Gasteiger partial charge < -0.3 is 20.1 Å². The second kappa shape index (κ2) is 11.8. The molecule has 2 N–H and O–H groups in total. The molecular weight excluding hydrogens is 613 g/mol. The first-order valence-electron chi connectivity index (χ1n) is 15.6. The number of benzene rings is 2. The fourth-order valence-corrected chi connectivity index (χ4v) is 6.88. The van der Waals surface area contributed by atoms with E-state index in [1.807, 2.05) is 60.7 Å². The highest BCUT2D eigenvalue weighted by molar-refractivity contribution is 6.14. The second-order valence-electron chi connectivity index (χ2n) is 12.3. The molecule has 7 rings (SSSR count). The molecule has 2 atom stereocenters. The van der Waals surface area contributed by atoms with Crippen molar-refractivity contribution in [2.24, 2.45) is 0 Å². The van der Waals surface area contributed by atoms with E-state index in [1.54, 1.807) is 12.4 Å². The number of carbonyl (C=O) groups excluding carboxylic acids is 2. The molecule has 4 aromatic rings. The van der Waals surface area contributed by atoms with Crippen molar-refractivity contribution in [1.29, 1.82) is 0 Å². The molecule has 2 aromatic heterocycles. The molecule has 4 heterocycles. The summed E-state index contributed by atoms with van der Waals surface area (Å²) in [6.45, 7) is 0.979. The summed E-state index contributed by atoms with van der Waals surface area (Å²) in [6.07, 6.45) is 1.37. The van der Waals surface area contributed by atoms with Gasteiger partial charge in [-0.1, -0.05) is 60.7 Å². The van der Waals surface area contributed by atoms with Gasteiger partial charge in [-0.25, -0.2) is 19.4 Å². The quantitative estimate of drug-likeness (QED) is 0.211. The third-order valence-corrected chi connectivity index (χ3v) is 9.41. The van der Waals surface area contributed by atoms with Gasteiger partial charge in [-0.2, -0.15) is 18.3 Å². The van der Waals surface area contributed by atoms with Gasteiger partial charge in [0.25, 0.3) is 11.5 Å². The Hall–Kier alpha value is -4.78. The van der Waals surface area contributed by atoms with Crippen LogP contribution < -0.4 is 10.2 Å². The van der Waals surface area contributed by atoms with E-state index in [0.29, 0.717) is 43.0 Å². The molecule has 244 valence electrons. The summed E-state index contributed by atoms with van der Waals surface area (Å²) >= 11 is 0. The Morgan fingerprint density at radius 3 is 2.04 bits per heavy atom. The summed E-state index contributed by atoms with van der Waals surface area (Å²) < 4.78 is 51.4. The first-order chi connectivity index (χ1) is 22.6. The van der Waals surface area contributed by atoms with Gasteiger partial charge in [0.15, 0.2) is 0 Å². The molecule has 47 heavy (non-hydrogen) atoms. The van der Waals surface area contributed by atoms with Crippen LogP contribution >= 0.6 is 0 Å². The number of halogens is 3. The Morgan fingerprint density at radius 2 is 1.53 bits per heavy atom. The minimum atomic E-state index is -5.21. The summed E-state index contributed by atoms with van der Waals surface area (Å²) in [6, 6.07) is 17.5. The van der Waals surface area contributed by atoms with Crippen molar-refractivity contribution in [2.45, 2.75) is 61.3 Å². The average Bonchev–Trinajstić information content (AvgIpc) is 3.88. The van der Waals surface area contributed by atoms with Crippen LogP contribution in [0.2, 0.25) is 0 Å². The van der Waals surface area contributed by atoms with Crippen LogP contribution in [-0.2, 0) is 14.3 Å². The van der Waals surface area contributed by atoms with E-state index in [2.05, 4.69) is 24.9 Å². The Labute approximate surface area is 268 Å². The number of nitrogens with one attached hydrogen (secondary N) is 1. The number of amides is 1. The third-order valence-electron chi connectivity index (χ3n) is 9.41. The fourth-order valence-electron chi connectivity index (χ4n) is 6.88. The topological polar surface area (TPSA) is 122 Å². The Bertz CT molecular complexity index is 1730. The molecular formula is C34H33F3N6O4. The monoisotopic (exact) mass is 646 g/mol. The maximum Gasteiger partial charge on any atom is 0.399 e. The number of hydrogen-bond donors (Lipinski definition) is 2. The van der Waals surface area contributed by atoms with E-state index in [4.69, 9.17) is 5.10 Å². The number of fused-ring (bicyclic) bond motifs is 1. The Kier molecular flexibility index (Phi) is 7.74. The average molecular weight is 647 g/mol. The predicted octanol–water partition coefficient (Wildman–Crippen LogP) is 5.07. The third kappa shape index (κ3) is 5.41. The van der Waals surface area contributed by atoms with Gasteiger partial charge >= 0.3 is 12.1 Å². The Balaban J connectivity index is 1.35. The Morgan fingerprint density at radius 1 is 0.957 bits per heavy atom. The predicted molar refractivity (Wildman–Crippen MR) is 165 cm³/mol. The lowest BCUT2D eigenvalue weighted by Crippen LogP contribution is -2.61. The van der Waals surface area contributed by atoms with Crippen LogP contribution in [0, 0.1) is 0 Å². The second-order valence-corrected chi connectivity index (χ2v) is 12.3. The standard InChI is InChI=1S/C34H33F3N6O4/c1-47-32(45)33(46)28(34(35,36)37)25-26(20-14-16-42(17-15-20)24-18-38-29(39-19-24)23-12-13-23)41-43(30(25)40-31(33)44)27(21-8-4-2-5-9-21)22-10-6-3-7-11-22/h2-11,18-20,23,27-28,46H,12-17H2,1H3,(H,40,44). The van der Waals surface area contributed by atoms with Crippen LogP contribution in [0.1, 0.15) is 77.7 Å². The lowest BCUT2D eigenvalue weighted by atomic mass is 9.75. The number of rotatable bonds is 7. The van der Waals surface area contributed by atoms with Gasteiger partial charge in [0.1, 0.15) is 23.6 Å². The van der Waals surface area contributed by atoms with Crippen molar-refractivity contribution >= 4 is 23.4 Å². The van der Waals surface area contributed by atoms with Crippen LogP contribution in [0.25, 0.3) is 0 Å². The normalized spacial score (nSPS) is 21.8. The first kappa shape index (κ1) is 30.9. The number of methoxy groups -OCH3 is 1. The van der Waals surface area contributed by atoms with Crippen molar-refractivity contribution in [3.63, 3.8) is 0 Å². The number of aromatic nitrogens is 4. The van der Waals surface area contributed by atoms with Crippen LogP contribution in [0.5, 0.6) is 0 Å². The summed E-state index contributed by atoms with van der Waals surface area (Å²) in [5.74, 6) is -5.61. The van der Waals surface area contributed by atoms with E-state index in [9.17, 15) is 14.7 Å². The van der Waals surface area contributed by atoms with Crippen molar-refractivity contribution < 1.29 is 32.6 Å². The van der Waals surface area contributed by atoms with Gasteiger partial charge in [0.2, 0.25) is 0 Å². The lowest BCUT2D eigenvalue weighted by Gasteiger charge is -2.39. The summed E-state index contributed by atoms with van der Waals surface area (Å²) in [5.41, 5.74) is -1.66. The number of anilines is 2. The molecule has 1 saturated carbocycles. The first-order valence-corrected chi connectivity index (χ1v) is 15.6. The van der Waals surface area contributed by atoms with Gasteiger partial charge in [0.05, 0.1) is 30.9 Å². The number of alkyl halides is 3. The van der Waals surface area contributed by atoms with Crippen molar-refractivity contribution in [3.05, 3.63) is 101 Å². The SMILES string of the molecule is COC(=O)C1(O)C(=O)Nc2c(c(C3CCN(c4cnc(C5CC5)nc4)CC3)nn2C(c2ccccc2)c2ccccc2)C1C(F)(F)F. The highest BCUT2D eigenvalue weighted by Gasteiger charge is 2.67. The van der Waals surface area contributed by atoms with E-state index in [1.165, 1.54) is 4.68 Å². The molecule has 0 radical (unpaired) electrons. The largest absolute Gasteiger partial charge is 0.466 e. The van der Waals surface area contributed by atoms with Crippen LogP contribution in [0.15, 0.2) is 73.1 Å². The molecule has 1 aliphatic carbocycles. The van der Waals surface area contributed by atoms with Crippen molar-refractivity contribution in [1.82, 2.24) is 19.7 Å². The van der Waals surface area contributed by atoms with Crippen LogP contribution in [0.4, 0.5) is 24.7 Å². The molecule has 2 unspecified atom stereocenters. The molecule has 13 heteroatoms. The van der Waals surface area contributed by atoms with Crippen LogP contribution in [-0.4, -0.2) is 68.7 Å². The number of carbonyl (C=O) groups is 2. The van der Waals surface area contributed by atoms with Gasteiger partial charge in [0, 0.05) is 30.5 Å². The number of aliphatic hydroxyl groups is 1. The van der Waals surface area contributed by atoms with E-state index < -0.39 is 47.1 Å². The zero-order valence-electron chi connectivity index (χ0n) is 25.5. The molecule has 1 amide bonds. The van der Waals surface area contributed by atoms with Crippen LogP contribution in [0.3, 0.4) is 0 Å². The summed E-state index contributed by atoms with van der Waals surface area (Å²) in [7, 11) is 0.832.